The van der Waals surface area contributed by atoms with E-state index in [0.717, 1.165) is 0 Å². The Balaban J connectivity index is 2.51. The normalized spacial score (nSPS) is 12.0. The van der Waals surface area contributed by atoms with Crippen molar-refractivity contribution in [2.45, 2.75) is 6.36 Å². The fourth-order valence-electron chi connectivity index (χ4n) is 1.16. The van der Waals surface area contributed by atoms with Gasteiger partial charge in [0.05, 0.1) is 0 Å². The molecule has 0 aromatic carbocycles. The molecule has 0 unspecified atom stereocenters. The summed E-state index contributed by atoms with van der Waals surface area (Å²) < 4.78 is 41.8. The molecule has 15 heavy (non-hydrogen) atoms. The summed E-state index contributed by atoms with van der Waals surface area (Å²) in [5.41, 5.74) is 0.418. The minimum absolute atomic E-state index is 0.296. The lowest BCUT2D eigenvalue weighted by Gasteiger charge is -2.09. The predicted molar refractivity (Wildman–Crippen MR) is 54.6 cm³/mol. The number of nitrogens with zero attached hydrogens (tertiary/aromatic N) is 2. The molecule has 0 radical (unpaired) electrons. The number of rotatable bonds is 1. The van der Waals surface area contributed by atoms with Gasteiger partial charge in [0.1, 0.15) is 9.35 Å². The molecule has 0 atom stereocenters. The van der Waals surface area contributed by atoms with Crippen molar-refractivity contribution in [2.75, 3.05) is 0 Å². The predicted octanol–water partition coefficient (Wildman–Crippen LogP) is 2.84. The Morgan fingerprint density at radius 1 is 1.33 bits per heavy atom. The maximum absolute atomic E-state index is 12.0. The minimum Gasteiger partial charge on any atom is -0.389 e. The Hall–Kier alpha value is -0.990. The number of fused-ring (bicyclic) bond motifs is 1. The second-order valence-electron chi connectivity index (χ2n) is 2.70. The van der Waals surface area contributed by atoms with Crippen molar-refractivity contribution in [1.82, 2.24) is 9.38 Å². The molecule has 2 heterocycles. The van der Waals surface area contributed by atoms with Crippen LogP contribution < -0.4 is 4.74 Å². The molecular weight excluding hydrogens is 324 g/mol. The van der Waals surface area contributed by atoms with E-state index in [9.17, 15) is 13.2 Å². The molecule has 0 N–H and O–H groups in total. The molecule has 0 spiro atoms. The third-order valence-corrected chi connectivity index (χ3v) is 2.17. The number of imidazole rings is 1. The van der Waals surface area contributed by atoms with Crippen molar-refractivity contribution in [3.05, 3.63) is 28.1 Å². The molecule has 0 saturated heterocycles. The van der Waals surface area contributed by atoms with Gasteiger partial charge in [0.25, 0.3) is 0 Å². The van der Waals surface area contributed by atoms with Gasteiger partial charge in [-0.15, -0.1) is 13.2 Å². The highest BCUT2D eigenvalue weighted by molar-refractivity contribution is 14.1. The Kier molecular flexibility index (Phi) is 2.49. The molecule has 2 rings (SSSR count). The van der Waals surface area contributed by atoms with E-state index in [-0.39, 0.29) is 5.88 Å². The van der Waals surface area contributed by atoms with Gasteiger partial charge < -0.3 is 4.74 Å². The van der Waals surface area contributed by atoms with Gasteiger partial charge >= 0.3 is 6.36 Å². The Morgan fingerprint density at radius 2 is 2.07 bits per heavy atom. The van der Waals surface area contributed by atoms with Crippen molar-refractivity contribution in [3.63, 3.8) is 0 Å². The summed E-state index contributed by atoms with van der Waals surface area (Å²) in [6.45, 7) is 0. The highest BCUT2D eigenvalue weighted by Gasteiger charge is 2.32. The first-order valence-corrected chi connectivity index (χ1v) is 4.93. The quantitative estimate of drug-likeness (QED) is 0.753. The Bertz CT molecular complexity index is 494. The van der Waals surface area contributed by atoms with E-state index in [1.807, 2.05) is 22.6 Å². The molecule has 80 valence electrons. The highest BCUT2D eigenvalue weighted by Crippen LogP contribution is 2.23. The van der Waals surface area contributed by atoms with E-state index in [2.05, 4.69) is 9.72 Å². The van der Waals surface area contributed by atoms with Gasteiger partial charge in [0.15, 0.2) is 0 Å². The first kappa shape index (κ1) is 10.5. The van der Waals surface area contributed by atoms with Crippen LogP contribution in [0, 0.1) is 3.70 Å². The number of alkyl halides is 3. The SMILES string of the molecule is FC(F)(F)Oc1cccc2nc(I)cn12. The summed E-state index contributed by atoms with van der Waals surface area (Å²) in [6, 6.07) is 4.29. The average molecular weight is 328 g/mol. The van der Waals surface area contributed by atoms with Crippen LogP contribution in [0.5, 0.6) is 5.88 Å². The fourth-order valence-corrected chi connectivity index (χ4v) is 1.68. The van der Waals surface area contributed by atoms with Gasteiger partial charge in [-0.1, -0.05) is 6.07 Å². The van der Waals surface area contributed by atoms with Crippen molar-refractivity contribution in [3.8, 4) is 5.88 Å². The van der Waals surface area contributed by atoms with Gasteiger partial charge in [-0.05, 0) is 34.7 Å². The van der Waals surface area contributed by atoms with Crippen molar-refractivity contribution >= 4 is 28.2 Å². The molecule has 0 saturated carbocycles. The van der Waals surface area contributed by atoms with Crippen molar-refractivity contribution in [2.24, 2.45) is 0 Å². The van der Waals surface area contributed by atoms with E-state index in [1.165, 1.54) is 22.7 Å². The average Bonchev–Trinajstić information content (AvgIpc) is 2.43. The molecular formula is C8H4F3IN2O. The number of aromatic nitrogens is 2. The molecule has 7 heteroatoms. The lowest BCUT2D eigenvalue weighted by atomic mass is 10.4. The Labute approximate surface area is 96.0 Å². The third-order valence-electron chi connectivity index (χ3n) is 1.65. The molecule has 2 aromatic heterocycles. The first-order chi connectivity index (χ1) is 6.96. The number of hydrogen-bond donors (Lipinski definition) is 0. The van der Waals surface area contributed by atoms with Crippen LogP contribution in [0.15, 0.2) is 24.4 Å². The van der Waals surface area contributed by atoms with Crippen LogP contribution in [-0.4, -0.2) is 15.7 Å². The van der Waals surface area contributed by atoms with Crippen LogP contribution in [-0.2, 0) is 0 Å². The molecule has 0 aliphatic rings. The smallest absolute Gasteiger partial charge is 0.389 e. The summed E-state index contributed by atoms with van der Waals surface area (Å²) in [5, 5.41) is 0. The van der Waals surface area contributed by atoms with Gasteiger partial charge in [-0.3, -0.25) is 4.40 Å². The van der Waals surface area contributed by atoms with Crippen LogP contribution >= 0.6 is 22.6 Å². The highest BCUT2D eigenvalue weighted by atomic mass is 127. The zero-order valence-electron chi connectivity index (χ0n) is 7.12. The second-order valence-corrected chi connectivity index (χ2v) is 3.81. The van der Waals surface area contributed by atoms with Crippen molar-refractivity contribution in [1.29, 1.82) is 0 Å². The summed E-state index contributed by atoms with van der Waals surface area (Å²) in [5.74, 6) is -0.296. The van der Waals surface area contributed by atoms with Gasteiger partial charge in [0.2, 0.25) is 5.88 Å². The minimum atomic E-state index is -4.69. The molecule has 0 bridgehead atoms. The van der Waals surface area contributed by atoms with E-state index in [4.69, 9.17) is 0 Å². The fraction of sp³-hybridized carbons (Fsp3) is 0.125. The van der Waals surface area contributed by atoms with Crippen LogP contribution in [0.3, 0.4) is 0 Å². The van der Waals surface area contributed by atoms with Crippen LogP contribution in [0.2, 0.25) is 0 Å². The maximum atomic E-state index is 12.0. The molecule has 0 aliphatic carbocycles. The second kappa shape index (κ2) is 3.54. The summed E-state index contributed by atoms with van der Waals surface area (Å²) >= 11 is 1.92. The molecule has 0 aliphatic heterocycles. The van der Waals surface area contributed by atoms with Gasteiger partial charge in [-0.25, -0.2) is 4.98 Å². The zero-order valence-corrected chi connectivity index (χ0v) is 9.28. The van der Waals surface area contributed by atoms with E-state index >= 15 is 0 Å². The first-order valence-electron chi connectivity index (χ1n) is 3.85. The third kappa shape index (κ3) is 2.33. The summed E-state index contributed by atoms with van der Waals surface area (Å²) in [6.07, 6.45) is -3.22. The molecule has 3 nitrogen and oxygen atoms in total. The van der Waals surface area contributed by atoms with Crippen LogP contribution in [0.4, 0.5) is 13.2 Å². The van der Waals surface area contributed by atoms with Gasteiger partial charge in [0, 0.05) is 6.20 Å². The standard InChI is InChI=1S/C8H4F3IN2O/c9-8(10,11)15-7-3-1-2-6-13-5(12)4-14(6)7/h1-4H. The summed E-state index contributed by atoms with van der Waals surface area (Å²) in [7, 11) is 0. The number of ether oxygens (including phenoxy) is 1. The summed E-state index contributed by atoms with van der Waals surface area (Å²) in [4.78, 5) is 4.01. The van der Waals surface area contributed by atoms with E-state index in [0.29, 0.717) is 9.35 Å². The largest absolute Gasteiger partial charge is 0.574 e. The lowest BCUT2D eigenvalue weighted by molar-refractivity contribution is -0.276. The number of halogens is 4. The topological polar surface area (TPSA) is 26.5 Å². The monoisotopic (exact) mass is 328 g/mol. The maximum Gasteiger partial charge on any atom is 0.574 e. The zero-order chi connectivity index (χ0) is 11.1. The van der Waals surface area contributed by atoms with Crippen LogP contribution in [0.1, 0.15) is 0 Å². The van der Waals surface area contributed by atoms with E-state index < -0.39 is 6.36 Å². The van der Waals surface area contributed by atoms with Crippen LogP contribution in [0.25, 0.3) is 5.65 Å². The molecule has 0 amide bonds. The number of hydrogen-bond acceptors (Lipinski definition) is 2. The number of pyridine rings is 1. The Morgan fingerprint density at radius 3 is 2.73 bits per heavy atom. The van der Waals surface area contributed by atoms with Gasteiger partial charge in [-0.2, -0.15) is 0 Å². The van der Waals surface area contributed by atoms with Crippen molar-refractivity contribution < 1.29 is 17.9 Å². The molecule has 0 fully saturated rings. The lowest BCUT2D eigenvalue weighted by Crippen LogP contribution is -2.18. The molecule has 2 aromatic rings. The van der Waals surface area contributed by atoms with E-state index in [1.54, 1.807) is 6.07 Å².